The first kappa shape index (κ1) is 38.5. The third-order valence-corrected chi connectivity index (χ3v) is 7.00. The Hall–Kier alpha value is -1.51. The van der Waals surface area contributed by atoms with Crippen LogP contribution in [-0.4, -0.2) is 74.9 Å². The molecule has 0 aromatic carbocycles. The van der Waals surface area contributed by atoms with Gasteiger partial charge in [0, 0.05) is 0 Å². The molecule has 9 nitrogen and oxygen atoms in total. The van der Waals surface area contributed by atoms with Gasteiger partial charge in [0.15, 0.2) is 6.10 Å². The average Bonchev–Trinajstić information content (AvgIpc) is 2.88. The summed E-state index contributed by atoms with van der Waals surface area (Å²) in [6, 6.07) is 0. The van der Waals surface area contributed by atoms with Gasteiger partial charge in [0.2, 0.25) is 0 Å². The van der Waals surface area contributed by atoms with Gasteiger partial charge in [0.05, 0.1) is 40.6 Å². The first-order valence-corrected chi connectivity index (χ1v) is 16.6. The molecule has 40 heavy (non-hydrogen) atoms. The lowest BCUT2D eigenvalue weighted by Crippen LogP contribution is -2.37. The maximum atomic E-state index is 12.4. The fourth-order valence-electron chi connectivity index (χ4n) is 3.57. The quantitative estimate of drug-likeness (QED) is 0.0381. The van der Waals surface area contributed by atoms with Gasteiger partial charge in [-0.3, -0.25) is 18.6 Å². The Morgan fingerprint density at radius 1 is 0.750 bits per heavy atom. The van der Waals surface area contributed by atoms with E-state index in [0.717, 1.165) is 25.7 Å². The zero-order valence-electron chi connectivity index (χ0n) is 25.8. The molecule has 0 amide bonds. The molecule has 234 valence electrons. The number of allylic oxidation sites excluding steroid dienone is 2. The normalized spacial score (nSPS) is 14.4. The van der Waals surface area contributed by atoms with Crippen molar-refractivity contribution in [2.24, 2.45) is 0 Å². The van der Waals surface area contributed by atoms with Crippen molar-refractivity contribution in [1.82, 2.24) is 0 Å². The van der Waals surface area contributed by atoms with Crippen LogP contribution in [0.4, 0.5) is 0 Å². The van der Waals surface area contributed by atoms with Crippen molar-refractivity contribution in [3.63, 3.8) is 0 Å². The Morgan fingerprint density at radius 3 is 1.80 bits per heavy atom. The second-order valence-corrected chi connectivity index (χ2v) is 12.6. The molecule has 0 bridgehead atoms. The Morgan fingerprint density at radius 2 is 1.27 bits per heavy atom. The van der Waals surface area contributed by atoms with Gasteiger partial charge in [-0.2, -0.15) is 0 Å². The fourth-order valence-corrected chi connectivity index (χ4v) is 4.31. The van der Waals surface area contributed by atoms with Crippen LogP contribution in [0.3, 0.4) is 0 Å². The van der Waals surface area contributed by atoms with Crippen LogP contribution in [0.25, 0.3) is 0 Å². The number of nitrogens with zero attached hydrogens (tertiary/aromatic N) is 1. The minimum atomic E-state index is -4.37. The Labute approximate surface area is 243 Å². The van der Waals surface area contributed by atoms with E-state index in [9.17, 15) is 19.0 Å². The highest BCUT2D eigenvalue weighted by Crippen LogP contribution is 2.43. The standard InChI is InChI=1S/C30H56NO8P/c1-6-8-10-12-14-16-18-20-22-29(32)36-26-28(27-38-40(34,35)37-25-24-31(3,4)5)39-30(33)23-21-19-17-15-13-11-9-7-2/h18-21,28H,6-17,22-27H2,1-5H3/p+1/t28-/m1/s1. The summed E-state index contributed by atoms with van der Waals surface area (Å²) in [5.74, 6) is -1.01. The Kier molecular flexibility index (Phi) is 23.2. The van der Waals surface area contributed by atoms with Crippen molar-refractivity contribution < 1.29 is 42.1 Å². The zero-order chi connectivity index (χ0) is 30.1. The molecule has 0 aliphatic rings. The molecular formula is C30H57NO8P+. The van der Waals surface area contributed by atoms with E-state index < -0.39 is 32.5 Å². The molecule has 0 rings (SSSR count). The average molecular weight is 591 g/mol. The molecule has 0 aliphatic heterocycles. The summed E-state index contributed by atoms with van der Waals surface area (Å²) in [4.78, 5) is 34.6. The van der Waals surface area contributed by atoms with Gasteiger partial charge in [0.1, 0.15) is 19.8 Å². The van der Waals surface area contributed by atoms with Crippen molar-refractivity contribution in [3.8, 4) is 0 Å². The number of ether oxygens (including phenoxy) is 2. The van der Waals surface area contributed by atoms with Crippen molar-refractivity contribution in [2.45, 2.75) is 110 Å². The van der Waals surface area contributed by atoms with Gasteiger partial charge in [-0.1, -0.05) is 89.5 Å². The number of carbonyl (C=O) groups is 2. The molecular weight excluding hydrogens is 533 g/mol. The number of esters is 2. The number of phosphoric ester groups is 1. The number of carbonyl (C=O) groups excluding carboxylic acids is 2. The van der Waals surface area contributed by atoms with Crippen molar-refractivity contribution in [2.75, 3.05) is 47.5 Å². The summed E-state index contributed by atoms with van der Waals surface area (Å²) in [5, 5.41) is 0. The smallest absolute Gasteiger partial charge is 0.461 e. The van der Waals surface area contributed by atoms with E-state index in [0.29, 0.717) is 11.0 Å². The van der Waals surface area contributed by atoms with Gasteiger partial charge in [-0.05, 0) is 25.7 Å². The summed E-state index contributed by atoms with van der Waals surface area (Å²) in [6.45, 7) is 4.16. The number of hydrogen-bond donors (Lipinski definition) is 1. The van der Waals surface area contributed by atoms with E-state index in [-0.39, 0.29) is 26.1 Å². The number of unbranched alkanes of at least 4 members (excludes halogenated alkanes) is 10. The second kappa shape index (κ2) is 24.1. The summed E-state index contributed by atoms with van der Waals surface area (Å²) in [6.07, 6.45) is 20.2. The summed E-state index contributed by atoms with van der Waals surface area (Å²) >= 11 is 0. The highest BCUT2D eigenvalue weighted by molar-refractivity contribution is 7.47. The Bertz CT molecular complexity index is 763. The van der Waals surface area contributed by atoms with E-state index in [1.807, 2.05) is 33.3 Å². The largest absolute Gasteiger partial charge is 0.472 e. The molecule has 2 atom stereocenters. The molecule has 0 fully saturated rings. The van der Waals surface area contributed by atoms with E-state index in [1.54, 1.807) is 12.2 Å². The van der Waals surface area contributed by atoms with Crippen LogP contribution >= 0.6 is 7.82 Å². The molecule has 0 aromatic rings. The van der Waals surface area contributed by atoms with Gasteiger partial charge in [-0.25, -0.2) is 4.57 Å². The lowest BCUT2D eigenvalue weighted by molar-refractivity contribution is -0.870. The maximum absolute atomic E-state index is 12.4. The SMILES string of the molecule is CCCCCCCC=CCC(=O)OC[C@H](COP(=O)(O)OCC[N+](C)(C)C)OC(=O)CC=CCCCCCCC. The first-order valence-electron chi connectivity index (χ1n) is 15.1. The lowest BCUT2D eigenvalue weighted by atomic mass is 10.1. The maximum Gasteiger partial charge on any atom is 0.472 e. The van der Waals surface area contributed by atoms with Crippen molar-refractivity contribution >= 4 is 19.8 Å². The molecule has 0 saturated heterocycles. The van der Waals surface area contributed by atoms with Crippen LogP contribution < -0.4 is 0 Å². The van der Waals surface area contributed by atoms with Crippen molar-refractivity contribution in [3.05, 3.63) is 24.3 Å². The Balaban J connectivity index is 4.70. The fraction of sp³-hybridized carbons (Fsp3) is 0.800. The predicted molar refractivity (Wildman–Crippen MR) is 160 cm³/mol. The van der Waals surface area contributed by atoms with Gasteiger partial charge in [0.25, 0.3) is 0 Å². The third kappa shape index (κ3) is 26.7. The van der Waals surface area contributed by atoms with Crippen LogP contribution in [0.2, 0.25) is 0 Å². The van der Waals surface area contributed by atoms with Crippen LogP contribution in [0.1, 0.15) is 104 Å². The van der Waals surface area contributed by atoms with Crippen LogP contribution in [0.5, 0.6) is 0 Å². The first-order chi connectivity index (χ1) is 19.0. The molecule has 10 heteroatoms. The summed E-state index contributed by atoms with van der Waals surface area (Å²) < 4.78 is 33.6. The van der Waals surface area contributed by atoms with E-state index >= 15 is 0 Å². The minimum absolute atomic E-state index is 0.0187. The highest BCUT2D eigenvalue weighted by Gasteiger charge is 2.26. The molecule has 0 heterocycles. The number of phosphoric acid groups is 1. The highest BCUT2D eigenvalue weighted by atomic mass is 31.2. The zero-order valence-corrected chi connectivity index (χ0v) is 26.7. The number of quaternary nitrogens is 1. The minimum Gasteiger partial charge on any atom is -0.461 e. The number of rotatable bonds is 26. The van der Waals surface area contributed by atoms with Gasteiger partial charge >= 0.3 is 19.8 Å². The molecule has 0 saturated carbocycles. The molecule has 0 radical (unpaired) electrons. The van der Waals surface area contributed by atoms with Crippen LogP contribution in [0, 0.1) is 0 Å². The third-order valence-electron chi connectivity index (χ3n) is 6.02. The summed E-state index contributed by atoms with van der Waals surface area (Å²) in [7, 11) is 1.42. The lowest BCUT2D eigenvalue weighted by Gasteiger charge is -2.24. The van der Waals surface area contributed by atoms with E-state index in [1.165, 1.54) is 51.4 Å². The molecule has 0 aromatic heterocycles. The van der Waals surface area contributed by atoms with Crippen molar-refractivity contribution in [1.29, 1.82) is 0 Å². The van der Waals surface area contributed by atoms with Crippen LogP contribution in [0.15, 0.2) is 24.3 Å². The molecule has 1 unspecified atom stereocenters. The van der Waals surface area contributed by atoms with E-state index in [4.69, 9.17) is 18.5 Å². The van der Waals surface area contributed by atoms with Crippen LogP contribution in [-0.2, 0) is 32.7 Å². The second-order valence-electron chi connectivity index (χ2n) is 11.2. The molecule has 0 spiro atoms. The number of likely N-dealkylation sites (N-methyl/N-ethyl adjacent to an activating group) is 1. The molecule has 0 aliphatic carbocycles. The van der Waals surface area contributed by atoms with Gasteiger partial charge in [-0.15, -0.1) is 0 Å². The predicted octanol–water partition coefficient (Wildman–Crippen LogP) is 6.89. The molecule has 1 N–H and O–H groups in total. The topological polar surface area (TPSA) is 108 Å². The number of hydrogen-bond acceptors (Lipinski definition) is 7. The van der Waals surface area contributed by atoms with Gasteiger partial charge < -0.3 is 18.9 Å². The van der Waals surface area contributed by atoms with E-state index in [2.05, 4.69) is 13.8 Å². The summed E-state index contributed by atoms with van der Waals surface area (Å²) in [5.41, 5.74) is 0. The monoisotopic (exact) mass is 590 g/mol.